The van der Waals surface area contributed by atoms with Crippen molar-refractivity contribution in [1.82, 2.24) is 9.97 Å². The first kappa shape index (κ1) is 13.7. The molecule has 1 rings (SSSR count). The Morgan fingerprint density at radius 1 is 1.24 bits per heavy atom. The largest absolute Gasteiger partial charge is 0.478 e. The van der Waals surface area contributed by atoms with E-state index in [4.69, 9.17) is 4.74 Å². The van der Waals surface area contributed by atoms with Crippen LogP contribution in [0, 0.1) is 0 Å². The Morgan fingerprint density at radius 3 is 2.65 bits per heavy atom. The molecule has 0 amide bonds. The second-order valence-electron chi connectivity index (χ2n) is 4.85. The van der Waals surface area contributed by atoms with Crippen molar-refractivity contribution >= 4 is 5.82 Å². The summed E-state index contributed by atoms with van der Waals surface area (Å²) in [5.74, 6) is 1.46. The van der Waals surface area contributed by atoms with Crippen molar-refractivity contribution < 1.29 is 4.74 Å². The number of hydrogen-bond donors (Lipinski definition) is 1. The maximum absolute atomic E-state index is 5.48. The van der Waals surface area contributed by atoms with Crippen LogP contribution in [0.3, 0.4) is 0 Å². The van der Waals surface area contributed by atoms with E-state index in [-0.39, 0.29) is 5.54 Å². The summed E-state index contributed by atoms with van der Waals surface area (Å²) in [4.78, 5) is 8.29. The third-order valence-corrected chi connectivity index (χ3v) is 2.44. The second kappa shape index (κ2) is 6.42. The molecule has 1 heterocycles. The number of nitrogens with one attached hydrogen (secondary N) is 1. The van der Waals surface area contributed by atoms with E-state index in [0.29, 0.717) is 12.5 Å². The molecule has 4 heteroatoms. The molecule has 0 saturated carbocycles. The molecule has 0 bridgehead atoms. The molecule has 1 aromatic rings. The van der Waals surface area contributed by atoms with Crippen molar-refractivity contribution in [2.75, 3.05) is 11.9 Å². The highest BCUT2D eigenvalue weighted by Gasteiger charge is 2.16. The molecular formula is C13H23N3O. The second-order valence-corrected chi connectivity index (χ2v) is 4.85. The first-order valence-corrected chi connectivity index (χ1v) is 6.30. The predicted molar refractivity (Wildman–Crippen MR) is 70.4 cm³/mol. The van der Waals surface area contributed by atoms with Gasteiger partial charge in [-0.15, -0.1) is 0 Å². The number of hydrogen-bond acceptors (Lipinski definition) is 4. The van der Waals surface area contributed by atoms with Gasteiger partial charge >= 0.3 is 0 Å². The van der Waals surface area contributed by atoms with Gasteiger partial charge in [-0.05, 0) is 26.7 Å². The monoisotopic (exact) mass is 237 g/mol. The van der Waals surface area contributed by atoms with Crippen molar-refractivity contribution in [1.29, 1.82) is 0 Å². The summed E-state index contributed by atoms with van der Waals surface area (Å²) in [5.41, 5.74) is 0.0468. The summed E-state index contributed by atoms with van der Waals surface area (Å²) in [7, 11) is 0. The first-order chi connectivity index (χ1) is 8.07. The lowest BCUT2D eigenvalue weighted by Crippen LogP contribution is -2.30. The lowest BCUT2D eigenvalue weighted by molar-refractivity contribution is 0.305. The Kier molecular flexibility index (Phi) is 5.19. The van der Waals surface area contributed by atoms with Gasteiger partial charge in [-0.25, -0.2) is 9.97 Å². The molecule has 0 unspecified atom stereocenters. The zero-order chi connectivity index (χ0) is 12.7. The van der Waals surface area contributed by atoms with E-state index in [1.54, 1.807) is 0 Å². The predicted octanol–water partition coefficient (Wildman–Crippen LogP) is 3.26. The molecule has 0 aliphatic carbocycles. The van der Waals surface area contributed by atoms with Crippen LogP contribution in [0.5, 0.6) is 5.88 Å². The summed E-state index contributed by atoms with van der Waals surface area (Å²) in [6.07, 6.45) is 4.76. The average Bonchev–Trinajstić information content (AvgIpc) is 2.26. The fraction of sp³-hybridized carbons (Fsp3) is 0.692. The topological polar surface area (TPSA) is 47.0 Å². The van der Waals surface area contributed by atoms with E-state index in [9.17, 15) is 0 Å². The highest BCUT2D eigenvalue weighted by molar-refractivity contribution is 5.39. The van der Waals surface area contributed by atoms with Crippen LogP contribution in [-0.4, -0.2) is 22.1 Å². The SMILES string of the molecule is CCCOc1cc(NC(C)(C)CCC)ncn1. The molecule has 0 spiro atoms. The van der Waals surface area contributed by atoms with Crippen LogP contribution in [0.25, 0.3) is 0 Å². The van der Waals surface area contributed by atoms with Crippen LogP contribution in [-0.2, 0) is 0 Å². The van der Waals surface area contributed by atoms with Crippen LogP contribution in [0.1, 0.15) is 47.0 Å². The molecule has 0 aliphatic heterocycles. The van der Waals surface area contributed by atoms with Crippen molar-refractivity contribution in [3.63, 3.8) is 0 Å². The number of anilines is 1. The molecular weight excluding hydrogens is 214 g/mol. The zero-order valence-electron chi connectivity index (χ0n) is 11.3. The van der Waals surface area contributed by atoms with Crippen LogP contribution in [0.4, 0.5) is 5.82 Å². The molecule has 0 saturated heterocycles. The van der Waals surface area contributed by atoms with Crippen LogP contribution < -0.4 is 10.1 Å². The van der Waals surface area contributed by atoms with Gasteiger partial charge < -0.3 is 10.1 Å². The van der Waals surface area contributed by atoms with Gasteiger partial charge in [-0.1, -0.05) is 20.3 Å². The third kappa shape index (κ3) is 5.02. The summed E-state index contributed by atoms with van der Waals surface area (Å²) in [6, 6.07) is 1.85. The molecule has 0 radical (unpaired) electrons. The van der Waals surface area contributed by atoms with Crippen LogP contribution in [0.15, 0.2) is 12.4 Å². The lowest BCUT2D eigenvalue weighted by Gasteiger charge is -2.26. The Morgan fingerprint density at radius 2 is 2.00 bits per heavy atom. The normalized spacial score (nSPS) is 11.3. The summed E-state index contributed by atoms with van der Waals surface area (Å²) in [5, 5.41) is 3.40. The summed E-state index contributed by atoms with van der Waals surface area (Å²) in [6.45, 7) is 9.29. The van der Waals surface area contributed by atoms with Crippen molar-refractivity contribution in [3.05, 3.63) is 12.4 Å². The van der Waals surface area contributed by atoms with E-state index in [0.717, 1.165) is 25.1 Å². The van der Waals surface area contributed by atoms with Crippen LogP contribution in [0.2, 0.25) is 0 Å². The van der Waals surface area contributed by atoms with Gasteiger partial charge in [0.25, 0.3) is 0 Å². The number of nitrogens with zero attached hydrogens (tertiary/aromatic N) is 2. The minimum Gasteiger partial charge on any atom is -0.478 e. The van der Waals surface area contributed by atoms with E-state index in [1.807, 2.05) is 6.07 Å². The van der Waals surface area contributed by atoms with Gasteiger partial charge in [0, 0.05) is 11.6 Å². The smallest absolute Gasteiger partial charge is 0.218 e. The summed E-state index contributed by atoms with van der Waals surface area (Å²) < 4.78 is 5.48. The minimum absolute atomic E-state index is 0.0468. The molecule has 0 aliphatic rings. The average molecular weight is 237 g/mol. The Bertz CT molecular complexity index is 339. The quantitative estimate of drug-likeness (QED) is 0.790. The lowest BCUT2D eigenvalue weighted by atomic mass is 9.99. The molecule has 1 aromatic heterocycles. The zero-order valence-corrected chi connectivity index (χ0v) is 11.3. The Hall–Kier alpha value is -1.32. The van der Waals surface area contributed by atoms with E-state index < -0.39 is 0 Å². The van der Waals surface area contributed by atoms with Gasteiger partial charge in [0.1, 0.15) is 12.1 Å². The number of ether oxygens (including phenoxy) is 1. The van der Waals surface area contributed by atoms with Crippen molar-refractivity contribution in [2.45, 2.75) is 52.5 Å². The van der Waals surface area contributed by atoms with Crippen molar-refractivity contribution in [2.24, 2.45) is 0 Å². The maximum atomic E-state index is 5.48. The molecule has 4 nitrogen and oxygen atoms in total. The number of rotatable bonds is 7. The molecule has 0 fully saturated rings. The van der Waals surface area contributed by atoms with Crippen molar-refractivity contribution in [3.8, 4) is 5.88 Å². The molecule has 0 atom stereocenters. The Labute approximate surface area is 104 Å². The molecule has 0 aromatic carbocycles. The van der Waals surface area contributed by atoms with Gasteiger partial charge in [-0.2, -0.15) is 0 Å². The highest BCUT2D eigenvalue weighted by atomic mass is 16.5. The van der Waals surface area contributed by atoms with Gasteiger partial charge in [0.05, 0.1) is 6.61 Å². The fourth-order valence-corrected chi connectivity index (χ4v) is 1.73. The molecule has 1 N–H and O–H groups in total. The third-order valence-electron chi connectivity index (χ3n) is 2.44. The van der Waals surface area contributed by atoms with Crippen LogP contribution >= 0.6 is 0 Å². The maximum Gasteiger partial charge on any atom is 0.218 e. The first-order valence-electron chi connectivity index (χ1n) is 6.30. The van der Waals surface area contributed by atoms with Gasteiger partial charge in [0.2, 0.25) is 5.88 Å². The molecule has 17 heavy (non-hydrogen) atoms. The van der Waals surface area contributed by atoms with Gasteiger partial charge in [0.15, 0.2) is 0 Å². The van der Waals surface area contributed by atoms with Gasteiger partial charge in [-0.3, -0.25) is 0 Å². The van der Waals surface area contributed by atoms with E-state index >= 15 is 0 Å². The Balaban J connectivity index is 2.64. The minimum atomic E-state index is 0.0468. The fourth-order valence-electron chi connectivity index (χ4n) is 1.73. The van der Waals surface area contributed by atoms with E-state index in [1.165, 1.54) is 6.33 Å². The standard InChI is InChI=1S/C13H23N3O/c1-5-7-13(3,4)16-11-9-12(15-10-14-11)17-8-6-2/h9-10H,5-8H2,1-4H3,(H,14,15,16). The number of aromatic nitrogens is 2. The highest BCUT2D eigenvalue weighted by Crippen LogP contribution is 2.19. The molecule has 96 valence electrons. The summed E-state index contributed by atoms with van der Waals surface area (Å²) >= 11 is 0. The van der Waals surface area contributed by atoms with E-state index in [2.05, 4.69) is 43.0 Å².